The number of aliphatic hydroxyl groups excluding tert-OH is 3. The van der Waals surface area contributed by atoms with Gasteiger partial charge in [0.25, 0.3) is 0 Å². The monoisotopic (exact) mass is 560 g/mol. The molecule has 0 radical (unpaired) electrons. The molecule has 1 unspecified atom stereocenters. The summed E-state index contributed by atoms with van der Waals surface area (Å²) in [4.78, 5) is 14.9. The van der Waals surface area contributed by atoms with Gasteiger partial charge in [0.15, 0.2) is 17.5 Å². The minimum atomic E-state index is -1.62. The molecule has 6 atom stereocenters. The SMILES string of the molecule is CCN(C)C(=O)C(S[C@@H]1O[C@H](CO)[C@H](O)[C@H](n2cc(-c3cc(F)c(F)c(F)c3)nn2)[C@H]1O)C1CCOCC1. The van der Waals surface area contributed by atoms with Crippen LogP contribution in [0.1, 0.15) is 25.8 Å². The molecule has 1 aromatic heterocycles. The molecule has 0 spiro atoms. The zero-order valence-electron chi connectivity index (χ0n) is 20.9. The first-order valence-corrected chi connectivity index (χ1v) is 13.3. The Labute approximate surface area is 221 Å². The van der Waals surface area contributed by atoms with E-state index in [0.717, 1.165) is 28.6 Å². The summed E-state index contributed by atoms with van der Waals surface area (Å²) in [6, 6.07) is 0.337. The number of halogens is 3. The maximum atomic E-state index is 13.7. The van der Waals surface area contributed by atoms with Crippen molar-refractivity contribution >= 4 is 17.7 Å². The molecule has 0 saturated carbocycles. The second kappa shape index (κ2) is 12.3. The zero-order valence-corrected chi connectivity index (χ0v) is 21.7. The van der Waals surface area contributed by atoms with Gasteiger partial charge in [-0.3, -0.25) is 4.79 Å². The Kier molecular flexibility index (Phi) is 9.31. The number of nitrogens with zero attached hydrogens (tertiary/aromatic N) is 4. The molecule has 2 aromatic rings. The molecule has 38 heavy (non-hydrogen) atoms. The lowest BCUT2D eigenvalue weighted by atomic mass is 9.95. The van der Waals surface area contributed by atoms with Gasteiger partial charge in [0.2, 0.25) is 5.91 Å². The van der Waals surface area contributed by atoms with Crippen LogP contribution in [-0.2, 0) is 14.3 Å². The highest BCUT2D eigenvalue weighted by molar-refractivity contribution is 8.01. The normalized spacial score (nSPS) is 27.3. The zero-order chi connectivity index (χ0) is 27.6. The van der Waals surface area contributed by atoms with Gasteiger partial charge in [-0.15, -0.1) is 16.9 Å². The van der Waals surface area contributed by atoms with E-state index in [1.54, 1.807) is 11.9 Å². The first kappa shape index (κ1) is 28.8. The predicted octanol–water partition coefficient (Wildman–Crippen LogP) is 1.35. The summed E-state index contributed by atoms with van der Waals surface area (Å²) in [7, 11) is 1.69. The van der Waals surface area contributed by atoms with Crippen LogP contribution < -0.4 is 0 Å². The van der Waals surface area contributed by atoms with Crippen LogP contribution in [0.3, 0.4) is 0 Å². The van der Waals surface area contributed by atoms with Crippen molar-refractivity contribution in [3.05, 3.63) is 35.8 Å². The van der Waals surface area contributed by atoms with Crippen molar-refractivity contribution in [2.75, 3.05) is 33.4 Å². The largest absolute Gasteiger partial charge is 0.394 e. The summed E-state index contributed by atoms with van der Waals surface area (Å²) in [6.07, 6.45) is -1.41. The van der Waals surface area contributed by atoms with E-state index in [2.05, 4.69) is 10.3 Å². The fraction of sp³-hybridized carbons (Fsp3) is 0.625. The second-order valence-corrected chi connectivity index (χ2v) is 10.6. The Bertz CT molecular complexity index is 1100. The van der Waals surface area contributed by atoms with Crippen molar-refractivity contribution in [2.24, 2.45) is 5.92 Å². The van der Waals surface area contributed by atoms with Crippen molar-refractivity contribution < 1.29 is 42.8 Å². The number of aliphatic hydroxyl groups is 3. The van der Waals surface area contributed by atoms with Crippen molar-refractivity contribution in [2.45, 2.75) is 54.8 Å². The second-order valence-electron chi connectivity index (χ2n) is 9.39. The maximum Gasteiger partial charge on any atom is 0.235 e. The topological polar surface area (TPSA) is 130 Å². The summed E-state index contributed by atoms with van der Waals surface area (Å²) in [5.74, 6) is -4.60. The molecule has 1 amide bonds. The van der Waals surface area contributed by atoms with Gasteiger partial charge in [-0.05, 0) is 37.8 Å². The Morgan fingerprint density at radius 1 is 1.21 bits per heavy atom. The van der Waals surface area contributed by atoms with E-state index in [0.29, 0.717) is 32.6 Å². The van der Waals surface area contributed by atoms with E-state index in [1.807, 2.05) is 6.92 Å². The Hall–Kier alpha value is -2.23. The minimum Gasteiger partial charge on any atom is -0.394 e. The molecule has 14 heteroatoms. The summed E-state index contributed by atoms with van der Waals surface area (Å²) in [6.45, 7) is 2.77. The molecular weight excluding hydrogens is 529 g/mol. The van der Waals surface area contributed by atoms with E-state index in [-0.39, 0.29) is 23.1 Å². The molecule has 2 aliphatic rings. The smallest absolute Gasteiger partial charge is 0.235 e. The van der Waals surface area contributed by atoms with E-state index in [1.165, 1.54) is 6.20 Å². The molecule has 0 aliphatic carbocycles. The summed E-state index contributed by atoms with van der Waals surface area (Å²) in [5.41, 5.74) is -1.16. The van der Waals surface area contributed by atoms with Gasteiger partial charge in [0.1, 0.15) is 35.5 Å². The lowest BCUT2D eigenvalue weighted by Gasteiger charge is -2.43. The third-order valence-electron chi connectivity index (χ3n) is 7.01. The number of hydrogen-bond acceptors (Lipinski definition) is 9. The lowest BCUT2D eigenvalue weighted by molar-refractivity contribution is -0.178. The highest BCUT2D eigenvalue weighted by atomic mass is 32.2. The number of thioether (sulfide) groups is 1. The van der Waals surface area contributed by atoms with E-state index < -0.39 is 59.1 Å². The Balaban J connectivity index is 1.62. The lowest BCUT2D eigenvalue weighted by Crippen LogP contribution is -2.56. The molecule has 2 saturated heterocycles. The van der Waals surface area contributed by atoms with Crippen LogP contribution in [0.2, 0.25) is 0 Å². The number of carbonyl (C=O) groups excluding carboxylic acids is 1. The summed E-state index contributed by atoms with van der Waals surface area (Å²) < 4.78 is 53.3. The van der Waals surface area contributed by atoms with Gasteiger partial charge in [-0.25, -0.2) is 17.9 Å². The van der Waals surface area contributed by atoms with E-state index in [9.17, 15) is 33.3 Å². The molecular formula is C24H31F3N4O6S. The van der Waals surface area contributed by atoms with Gasteiger partial charge in [-0.2, -0.15) is 0 Å². The number of aromatic nitrogens is 3. The molecule has 0 bridgehead atoms. The van der Waals surface area contributed by atoms with Crippen LogP contribution in [0.15, 0.2) is 18.3 Å². The number of ether oxygens (including phenoxy) is 2. The quantitative estimate of drug-likeness (QED) is 0.410. The van der Waals surface area contributed by atoms with Crippen molar-refractivity contribution in [1.29, 1.82) is 0 Å². The highest BCUT2D eigenvalue weighted by Gasteiger charge is 2.48. The fourth-order valence-electron chi connectivity index (χ4n) is 4.66. The first-order valence-electron chi connectivity index (χ1n) is 12.3. The third kappa shape index (κ3) is 5.84. The average Bonchev–Trinajstić information content (AvgIpc) is 3.40. The molecule has 4 rings (SSSR count). The Morgan fingerprint density at radius 2 is 1.87 bits per heavy atom. The van der Waals surface area contributed by atoms with Gasteiger partial charge < -0.3 is 29.7 Å². The van der Waals surface area contributed by atoms with E-state index in [4.69, 9.17) is 9.47 Å². The van der Waals surface area contributed by atoms with Gasteiger partial charge in [0, 0.05) is 32.4 Å². The molecule has 2 aliphatic heterocycles. The third-order valence-corrected chi connectivity index (χ3v) is 8.55. The number of hydrogen-bond donors (Lipinski definition) is 3. The van der Waals surface area contributed by atoms with Crippen molar-refractivity contribution in [1.82, 2.24) is 19.9 Å². The first-order chi connectivity index (χ1) is 18.2. The van der Waals surface area contributed by atoms with Crippen LogP contribution in [0.4, 0.5) is 13.2 Å². The maximum absolute atomic E-state index is 13.7. The van der Waals surface area contributed by atoms with Crippen LogP contribution in [-0.4, -0.2) is 104 Å². The molecule has 3 heterocycles. The van der Waals surface area contributed by atoms with Gasteiger partial charge in [-0.1, -0.05) is 5.21 Å². The summed E-state index contributed by atoms with van der Waals surface area (Å²) in [5, 5.41) is 39.3. The molecule has 2 fully saturated rings. The molecule has 1 aromatic carbocycles. The van der Waals surface area contributed by atoms with Gasteiger partial charge >= 0.3 is 0 Å². The van der Waals surface area contributed by atoms with E-state index >= 15 is 0 Å². The molecule has 3 N–H and O–H groups in total. The number of carbonyl (C=O) groups is 1. The Morgan fingerprint density at radius 3 is 2.47 bits per heavy atom. The molecule has 210 valence electrons. The van der Waals surface area contributed by atoms with Crippen LogP contribution in [0.5, 0.6) is 0 Å². The predicted molar refractivity (Wildman–Crippen MR) is 130 cm³/mol. The average molecular weight is 561 g/mol. The number of amides is 1. The fourth-order valence-corrected chi connectivity index (χ4v) is 6.27. The number of rotatable bonds is 8. The minimum absolute atomic E-state index is 0.0294. The van der Waals surface area contributed by atoms with Crippen LogP contribution >= 0.6 is 11.8 Å². The number of benzene rings is 1. The highest BCUT2D eigenvalue weighted by Crippen LogP contribution is 2.40. The van der Waals surface area contributed by atoms with Gasteiger partial charge in [0.05, 0.1) is 18.1 Å². The van der Waals surface area contributed by atoms with Crippen LogP contribution in [0.25, 0.3) is 11.3 Å². The summed E-state index contributed by atoms with van der Waals surface area (Å²) >= 11 is 1.12. The molecule has 10 nitrogen and oxygen atoms in total. The van der Waals surface area contributed by atoms with Crippen LogP contribution in [0, 0.1) is 23.4 Å². The van der Waals surface area contributed by atoms with Crippen molar-refractivity contribution in [3.8, 4) is 11.3 Å². The standard InChI is InChI=1S/C24H31F3N4O6S/c1-3-30(2)23(35)22(12-4-6-36-7-5-12)38-24-21(34)19(20(33)17(11-32)37-24)31-10-16(28-29-31)13-8-14(25)18(27)15(26)9-13/h8-10,12,17,19-22,24,32-34H,3-7,11H2,1-2H3/t17-,19+,20+,21-,22?,24+/m1/s1. The van der Waals surface area contributed by atoms with Crippen molar-refractivity contribution in [3.63, 3.8) is 0 Å².